The first kappa shape index (κ1) is 15.2. The van der Waals surface area contributed by atoms with E-state index in [0.717, 1.165) is 19.4 Å². The first-order valence-electron chi connectivity index (χ1n) is 7.75. The number of amides is 1. The van der Waals surface area contributed by atoms with Crippen molar-refractivity contribution >= 4 is 5.91 Å². The number of carbonyl (C=O) groups excluding carboxylic acids is 1. The van der Waals surface area contributed by atoms with Crippen LogP contribution in [0.1, 0.15) is 19.3 Å². The first-order valence-corrected chi connectivity index (χ1v) is 7.75. The Balaban J connectivity index is 1.47. The van der Waals surface area contributed by atoms with Gasteiger partial charge in [0.2, 0.25) is 11.8 Å². The lowest BCUT2D eigenvalue weighted by molar-refractivity contribution is -0.166. The molecule has 0 N–H and O–H groups in total. The molecule has 2 aliphatic rings. The second-order valence-electron chi connectivity index (χ2n) is 5.89. The summed E-state index contributed by atoms with van der Waals surface area (Å²) < 4.78 is 23.8. The van der Waals surface area contributed by atoms with Crippen LogP contribution < -0.4 is 4.74 Å². The third-order valence-corrected chi connectivity index (χ3v) is 4.53. The van der Waals surface area contributed by atoms with Crippen LogP contribution in [0, 0.1) is 5.92 Å². The monoisotopic (exact) mass is 308 g/mol. The Morgan fingerprint density at radius 1 is 1.50 bits per heavy atom. The molecule has 1 aromatic rings. The van der Waals surface area contributed by atoms with E-state index in [1.54, 1.807) is 11.1 Å². The summed E-state index contributed by atoms with van der Waals surface area (Å²) in [6.07, 6.45) is 3.54. The highest BCUT2D eigenvalue weighted by Crippen LogP contribution is 2.41. The molecule has 22 heavy (non-hydrogen) atoms. The number of nitrogens with zero attached hydrogens (tertiary/aromatic N) is 2. The molecule has 1 atom stereocenters. The highest BCUT2D eigenvalue weighted by atomic mass is 19.1. The molecular weight excluding hydrogens is 287 g/mol. The lowest BCUT2D eigenvalue weighted by Gasteiger charge is -2.50. The minimum absolute atomic E-state index is 0.0243. The molecule has 3 rings (SSSR count). The average molecular weight is 308 g/mol. The number of hydrogen-bond donors (Lipinski definition) is 0. The predicted octanol–water partition coefficient (Wildman–Crippen LogP) is 1.83. The van der Waals surface area contributed by atoms with Gasteiger partial charge in [0.1, 0.15) is 5.60 Å². The van der Waals surface area contributed by atoms with Crippen LogP contribution in [-0.4, -0.2) is 54.4 Å². The first-order chi connectivity index (χ1) is 10.7. The lowest BCUT2D eigenvalue weighted by atomic mass is 9.79. The van der Waals surface area contributed by atoms with E-state index < -0.39 is 6.67 Å². The van der Waals surface area contributed by atoms with Crippen molar-refractivity contribution in [2.75, 3.05) is 33.0 Å². The Kier molecular flexibility index (Phi) is 4.57. The zero-order valence-electron chi connectivity index (χ0n) is 12.5. The molecule has 1 aromatic heterocycles. The van der Waals surface area contributed by atoms with Gasteiger partial charge in [-0.15, -0.1) is 0 Å². The van der Waals surface area contributed by atoms with E-state index in [4.69, 9.17) is 9.47 Å². The molecule has 5 nitrogen and oxygen atoms in total. The zero-order chi connectivity index (χ0) is 15.4. The number of hydrogen-bond acceptors (Lipinski definition) is 4. The second kappa shape index (κ2) is 6.60. The molecule has 2 saturated heterocycles. The van der Waals surface area contributed by atoms with E-state index in [2.05, 4.69) is 4.98 Å². The molecule has 6 heteroatoms. The van der Waals surface area contributed by atoms with E-state index in [-0.39, 0.29) is 17.9 Å². The fourth-order valence-corrected chi connectivity index (χ4v) is 3.30. The van der Waals surface area contributed by atoms with Crippen molar-refractivity contribution in [3.8, 4) is 5.88 Å². The van der Waals surface area contributed by atoms with Gasteiger partial charge in [-0.3, -0.25) is 9.18 Å². The van der Waals surface area contributed by atoms with E-state index >= 15 is 0 Å². The van der Waals surface area contributed by atoms with Crippen LogP contribution in [0.15, 0.2) is 24.4 Å². The fraction of sp³-hybridized carbons (Fsp3) is 0.625. The number of carbonyl (C=O) groups is 1. The number of ether oxygens (including phenoxy) is 2. The quantitative estimate of drug-likeness (QED) is 0.804. The Hall–Kier alpha value is -1.69. The minimum atomic E-state index is -0.593. The Bertz CT molecular complexity index is 505. The Morgan fingerprint density at radius 3 is 3.09 bits per heavy atom. The highest BCUT2D eigenvalue weighted by molar-refractivity contribution is 5.77. The molecule has 0 radical (unpaired) electrons. The summed E-state index contributed by atoms with van der Waals surface area (Å²) in [4.78, 5) is 17.5. The Labute approximate surface area is 129 Å². The van der Waals surface area contributed by atoms with E-state index in [1.165, 1.54) is 0 Å². The van der Waals surface area contributed by atoms with Gasteiger partial charge in [0.05, 0.1) is 32.8 Å². The molecule has 0 aliphatic carbocycles. The van der Waals surface area contributed by atoms with Crippen LogP contribution in [0.4, 0.5) is 4.39 Å². The maximum absolute atomic E-state index is 12.2. The number of likely N-dealkylation sites (tertiary alicyclic amines) is 1. The van der Waals surface area contributed by atoms with E-state index in [1.807, 2.05) is 18.2 Å². The summed E-state index contributed by atoms with van der Waals surface area (Å²) in [6, 6.07) is 5.58. The normalized spacial score (nSPS) is 22.6. The van der Waals surface area contributed by atoms with E-state index in [9.17, 15) is 9.18 Å². The second-order valence-corrected chi connectivity index (χ2v) is 5.89. The summed E-state index contributed by atoms with van der Waals surface area (Å²) in [6.45, 7) is 1.88. The third kappa shape index (κ3) is 3.06. The predicted molar refractivity (Wildman–Crippen MR) is 78.3 cm³/mol. The van der Waals surface area contributed by atoms with Gasteiger partial charge in [0.25, 0.3) is 0 Å². The van der Waals surface area contributed by atoms with Crippen molar-refractivity contribution in [3.63, 3.8) is 0 Å². The van der Waals surface area contributed by atoms with Crippen molar-refractivity contribution in [1.82, 2.24) is 9.88 Å². The van der Waals surface area contributed by atoms with Crippen molar-refractivity contribution in [2.24, 2.45) is 5.92 Å². The van der Waals surface area contributed by atoms with Gasteiger partial charge < -0.3 is 14.4 Å². The summed E-state index contributed by atoms with van der Waals surface area (Å²) in [7, 11) is 0. The van der Waals surface area contributed by atoms with Crippen molar-refractivity contribution < 1.29 is 18.7 Å². The van der Waals surface area contributed by atoms with Gasteiger partial charge in [-0.2, -0.15) is 0 Å². The van der Waals surface area contributed by atoms with Crippen LogP contribution in [0.3, 0.4) is 0 Å². The molecule has 0 saturated carbocycles. The van der Waals surface area contributed by atoms with Gasteiger partial charge in [0, 0.05) is 18.9 Å². The number of alkyl halides is 1. The number of aromatic nitrogens is 1. The lowest BCUT2D eigenvalue weighted by Crippen LogP contribution is -2.66. The summed E-state index contributed by atoms with van der Waals surface area (Å²) in [5.41, 5.74) is -0.237. The van der Waals surface area contributed by atoms with Crippen LogP contribution in [-0.2, 0) is 9.53 Å². The minimum Gasteiger partial charge on any atom is -0.478 e. The molecule has 0 bridgehead atoms. The summed E-state index contributed by atoms with van der Waals surface area (Å²) >= 11 is 0. The van der Waals surface area contributed by atoms with Crippen molar-refractivity contribution in [2.45, 2.75) is 24.9 Å². The van der Waals surface area contributed by atoms with Crippen molar-refractivity contribution in [3.05, 3.63) is 24.4 Å². The van der Waals surface area contributed by atoms with Gasteiger partial charge in [-0.1, -0.05) is 6.07 Å². The van der Waals surface area contributed by atoms with Gasteiger partial charge in [-0.05, 0) is 24.8 Å². The van der Waals surface area contributed by atoms with Gasteiger partial charge >= 0.3 is 0 Å². The summed E-state index contributed by atoms with van der Waals surface area (Å²) in [5.74, 6) is 0.890. The molecule has 2 fully saturated rings. The SMILES string of the molecule is O=C(CCF)N1CC2(C1)OCC[C@H]2CCOc1ccccn1. The van der Waals surface area contributed by atoms with Crippen LogP contribution in [0.5, 0.6) is 5.88 Å². The van der Waals surface area contributed by atoms with E-state index in [0.29, 0.717) is 31.5 Å². The number of rotatable bonds is 6. The zero-order valence-corrected chi connectivity index (χ0v) is 12.5. The molecular formula is C16H21FN2O3. The standard InChI is InChI=1S/C16H21FN2O3/c17-7-4-15(20)19-11-16(12-19)13(6-10-22-16)5-9-21-14-3-1-2-8-18-14/h1-3,8,13H,4-7,9-12H2/t13-/m1/s1. The average Bonchev–Trinajstić information content (AvgIpc) is 2.91. The molecule has 3 heterocycles. The molecule has 0 unspecified atom stereocenters. The van der Waals surface area contributed by atoms with Crippen LogP contribution in [0.25, 0.3) is 0 Å². The molecule has 120 valence electrons. The number of pyridine rings is 1. The third-order valence-electron chi connectivity index (χ3n) is 4.53. The van der Waals surface area contributed by atoms with Crippen LogP contribution >= 0.6 is 0 Å². The number of halogens is 1. The van der Waals surface area contributed by atoms with Crippen LogP contribution in [0.2, 0.25) is 0 Å². The van der Waals surface area contributed by atoms with Gasteiger partial charge in [0.15, 0.2) is 0 Å². The molecule has 0 aromatic carbocycles. The maximum Gasteiger partial charge on any atom is 0.225 e. The molecule has 1 amide bonds. The van der Waals surface area contributed by atoms with Gasteiger partial charge in [-0.25, -0.2) is 4.98 Å². The highest BCUT2D eigenvalue weighted by Gasteiger charge is 2.53. The maximum atomic E-state index is 12.2. The topological polar surface area (TPSA) is 51.7 Å². The largest absolute Gasteiger partial charge is 0.478 e. The fourth-order valence-electron chi connectivity index (χ4n) is 3.30. The molecule has 2 aliphatic heterocycles. The van der Waals surface area contributed by atoms with Crippen molar-refractivity contribution in [1.29, 1.82) is 0 Å². The smallest absolute Gasteiger partial charge is 0.225 e. The Morgan fingerprint density at radius 2 is 2.36 bits per heavy atom. The summed E-state index contributed by atoms with van der Waals surface area (Å²) in [5, 5.41) is 0. The molecule has 1 spiro atoms.